The highest BCUT2D eigenvalue weighted by Gasteiger charge is 2.45. The van der Waals surface area contributed by atoms with Gasteiger partial charge < -0.3 is 4.74 Å². The van der Waals surface area contributed by atoms with Gasteiger partial charge in [0.25, 0.3) is 0 Å². The highest BCUT2D eigenvalue weighted by atomic mass is 16.5. The van der Waals surface area contributed by atoms with E-state index in [-0.39, 0.29) is 0 Å². The highest BCUT2D eigenvalue weighted by molar-refractivity contribution is 4.98. The lowest BCUT2D eigenvalue weighted by Gasteiger charge is -2.55. The van der Waals surface area contributed by atoms with Gasteiger partial charge in [-0.15, -0.1) is 0 Å². The van der Waals surface area contributed by atoms with E-state index in [2.05, 4.69) is 25.7 Å². The van der Waals surface area contributed by atoms with Gasteiger partial charge in [-0.1, -0.05) is 0 Å². The molecule has 1 spiro atoms. The predicted octanol–water partition coefficient (Wildman–Crippen LogP) is 1.90. The minimum Gasteiger partial charge on any atom is -0.378 e. The molecule has 0 bridgehead atoms. The zero-order valence-corrected chi connectivity index (χ0v) is 9.05. The summed E-state index contributed by atoms with van der Waals surface area (Å²) in [4.78, 5) is 2.57. The standard InChI is InChI=1S/C11H21NO/c1-9(2)12-7-11(8-12)4-5-13-10(3)6-11/h9-10H,4-8H2,1-3H3. The molecule has 2 heteroatoms. The van der Waals surface area contributed by atoms with Crippen LogP contribution >= 0.6 is 0 Å². The van der Waals surface area contributed by atoms with Gasteiger partial charge in [-0.2, -0.15) is 0 Å². The van der Waals surface area contributed by atoms with Crippen molar-refractivity contribution in [2.45, 2.75) is 45.8 Å². The first kappa shape index (κ1) is 9.47. The molecule has 0 aromatic heterocycles. The van der Waals surface area contributed by atoms with E-state index in [1.165, 1.54) is 25.9 Å². The van der Waals surface area contributed by atoms with Crippen LogP contribution in [0.4, 0.5) is 0 Å². The SMILES string of the molecule is CC1CC2(CCO1)CN(C(C)C)C2. The predicted molar refractivity (Wildman–Crippen MR) is 53.8 cm³/mol. The van der Waals surface area contributed by atoms with Crippen molar-refractivity contribution in [2.24, 2.45) is 5.41 Å². The first-order valence-corrected chi connectivity index (χ1v) is 5.47. The van der Waals surface area contributed by atoms with Gasteiger partial charge >= 0.3 is 0 Å². The number of hydrogen-bond acceptors (Lipinski definition) is 2. The fraction of sp³-hybridized carbons (Fsp3) is 1.00. The zero-order valence-electron chi connectivity index (χ0n) is 9.05. The molecule has 0 aromatic rings. The molecule has 2 aliphatic heterocycles. The minimum absolute atomic E-state index is 0.489. The minimum atomic E-state index is 0.489. The lowest BCUT2D eigenvalue weighted by Crippen LogP contribution is -2.61. The van der Waals surface area contributed by atoms with Crippen LogP contribution in [0.2, 0.25) is 0 Å². The summed E-state index contributed by atoms with van der Waals surface area (Å²) < 4.78 is 5.59. The van der Waals surface area contributed by atoms with Gasteiger partial charge in [0.05, 0.1) is 6.10 Å². The molecule has 0 aromatic carbocycles. The van der Waals surface area contributed by atoms with Crippen molar-refractivity contribution >= 4 is 0 Å². The van der Waals surface area contributed by atoms with E-state index in [1.807, 2.05) is 0 Å². The maximum atomic E-state index is 5.59. The monoisotopic (exact) mass is 183 g/mol. The third-order valence-corrected chi connectivity index (χ3v) is 3.56. The summed E-state index contributed by atoms with van der Waals surface area (Å²) in [7, 11) is 0. The molecule has 2 saturated heterocycles. The van der Waals surface area contributed by atoms with Crippen molar-refractivity contribution < 1.29 is 4.74 Å². The molecule has 2 rings (SSSR count). The average Bonchev–Trinajstić information content (AvgIpc) is 1.99. The molecule has 0 aliphatic carbocycles. The molecule has 2 fully saturated rings. The van der Waals surface area contributed by atoms with Crippen molar-refractivity contribution in [3.63, 3.8) is 0 Å². The van der Waals surface area contributed by atoms with Crippen LogP contribution in [0.15, 0.2) is 0 Å². The lowest BCUT2D eigenvalue weighted by atomic mass is 9.71. The quantitative estimate of drug-likeness (QED) is 0.615. The Bertz CT molecular complexity index is 185. The van der Waals surface area contributed by atoms with E-state index in [4.69, 9.17) is 4.74 Å². The van der Waals surface area contributed by atoms with Gasteiger partial charge in [-0.05, 0) is 33.6 Å². The molecule has 0 radical (unpaired) electrons. The number of likely N-dealkylation sites (tertiary alicyclic amines) is 1. The van der Waals surface area contributed by atoms with Crippen LogP contribution in [0.5, 0.6) is 0 Å². The summed E-state index contributed by atoms with van der Waals surface area (Å²) in [6.45, 7) is 10.4. The summed E-state index contributed by atoms with van der Waals surface area (Å²) in [6.07, 6.45) is 3.04. The molecular weight excluding hydrogens is 162 g/mol. The molecule has 0 amide bonds. The van der Waals surface area contributed by atoms with Crippen molar-refractivity contribution in [1.29, 1.82) is 0 Å². The van der Waals surface area contributed by atoms with Crippen LogP contribution in [-0.2, 0) is 4.74 Å². The van der Waals surface area contributed by atoms with E-state index in [1.54, 1.807) is 0 Å². The Morgan fingerprint density at radius 3 is 2.62 bits per heavy atom. The second-order valence-corrected chi connectivity index (χ2v) is 5.13. The van der Waals surface area contributed by atoms with E-state index in [9.17, 15) is 0 Å². The van der Waals surface area contributed by atoms with Crippen LogP contribution in [0, 0.1) is 5.41 Å². The Morgan fingerprint density at radius 2 is 2.08 bits per heavy atom. The second kappa shape index (κ2) is 3.25. The van der Waals surface area contributed by atoms with Crippen LogP contribution in [0.1, 0.15) is 33.6 Å². The smallest absolute Gasteiger partial charge is 0.0553 e. The van der Waals surface area contributed by atoms with E-state index >= 15 is 0 Å². The van der Waals surface area contributed by atoms with Crippen molar-refractivity contribution in [2.75, 3.05) is 19.7 Å². The van der Waals surface area contributed by atoms with Gasteiger partial charge in [-0.3, -0.25) is 4.90 Å². The Kier molecular flexibility index (Phi) is 2.37. The molecule has 1 atom stereocenters. The summed E-state index contributed by atoms with van der Waals surface area (Å²) >= 11 is 0. The van der Waals surface area contributed by atoms with Gasteiger partial charge in [-0.25, -0.2) is 0 Å². The van der Waals surface area contributed by atoms with E-state index < -0.39 is 0 Å². The topological polar surface area (TPSA) is 12.5 Å². The number of ether oxygens (including phenoxy) is 1. The third-order valence-electron chi connectivity index (χ3n) is 3.56. The molecule has 0 N–H and O–H groups in total. The molecule has 0 saturated carbocycles. The van der Waals surface area contributed by atoms with Crippen LogP contribution in [0.25, 0.3) is 0 Å². The maximum absolute atomic E-state index is 5.59. The third kappa shape index (κ3) is 1.75. The second-order valence-electron chi connectivity index (χ2n) is 5.13. The van der Waals surface area contributed by atoms with Gasteiger partial charge in [0.2, 0.25) is 0 Å². The molecular formula is C11H21NO. The first-order chi connectivity index (χ1) is 6.11. The molecule has 1 unspecified atom stereocenters. The number of rotatable bonds is 1. The summed E-state index contributed by atoms with van der Waals surface area (Å²) in [5.41, 5.74) is 0.627. The van der Waals surface area contributed by atoms with E-state index in [0.29, 0.717) is 11.5 Å². The Morgan fingerprint density at radius 1 is 1.38 bits per heavy atom. The lowest BCUT2D eigenvalue weighted by molar-refractivity contribution is -0.118. The number of nitrogens with zero attached hydrogens (tertiary/aromatic N) is 1. The normalized spacial score (nSPS) is 33.7. The Balaban J connectivity index is 1.88. The van der Waals surface area contributed by atoms with E-state index in [0.717, 1.165) is 12.6 Å². The van der Waals surface area contributed by atoms with Crippen LogP contribution in [-0.4, -0.2) is 36.7 Å². The van der Waals surface area contributed by atoms with Crippen molar-refractivity contribution in [3.8, 4) is 0 Å². The summed E-state index contributed by atoms with van der Waals surface area (Å²) in [5.74, 6) is 0. The fourth-order valence-corrected chi connectivity index (χ4v) is 2.72. The molecule has 2 aliphatic rings. The summed E-state index contributed by atoms with van der Waals surface area (Å²) in [5, 5.41) is 0. The highest BCUT2D eigenvalue weighted by Crippen LogP contribution is 2.42. The van der Waals surface area contributed by atoms with Crippen LogP contribution in [0.3, 0.4) is 0 Å². The molecule has 2 nitrogen and oxygen atoms in total. The summed E-state index contributed by atoms with van der Waals surface area (Å²) in [6, 6.07) is 0.726. The molecule has 2 heterocycles. The molecule has 76 valence electrons. The largest absolute Gasteiger partial charge is 0.378 e. The molecule has 13 heavy (non-hydrogen) atoms. The van der Waals surface area contributed by atoms with Gasteiger partial charge in [0, 0.05) is 31.2 Å². The van der Waals surface area contributed by atoms with Crippen molar-refractivity contribution in [3.05, 3.63) is 0 Å². The Hall–Kier alpha value is -0.0800. The van der Waals surface area contributed by atoms with Gasteiger partial charge in [0.15, 0.2) is 0 Å². The van der Waals surface area contributed by atoms with Gasteiger partial charge in [0.1, 0.15) is 0 Å². The zero-order chi connectivity index (χ0) is 9.47. The average molecular weight is 183 g/mol. The Labute approximate surface area is 81.3 Å². The fourth-order valence-electron chi connectivity index (χ4n) is 2.72. The first-order valence-electron chi connectivity index (χ1n) is 5.47. The number of hydrogen-bond donors (Lipinski definition) is 0. The van der Waals surface area contributed by atoms with Crippen molar-refractivity contribution in [1.82, 2.24) is 4.90 Å². The van der Waals surface area contributed by atoms with Crippen LogP contribution < -0.4 is 0 Å². The maximum Gasteiger partial charge on any atom is 0.0553 e.